The molecule has 2 aromatic heterocycles. The van der Waals surface area contributed by atoms with Crippen LogP contribution in [0, 0.1) is 0 Å². The number of ether oxygens (including phenoxy) is 1. The summed E-state index contributed by atoms with van der Waals surface area (Å²) in [6, 6.07) is 17.8. The highest BCUT2D eigenvalue weighted by atomic mass is 35.5. The Morgan fingerprint density at radius 2 is 2.00 bits per heavy atom. The topological polar surface area (TPSA) is 82.2 Å². The van der Waals surface area contributed by atoms with Gasteiger partial charge in [0.25, 0.3) is 5.91 Å². The molecule has 0 aliphatic carbocycles. The molecule has 0 radical (unpaired) electrons. The van der Waals surface area contributed by atoms with E-state index in [9.17, 15) is 4.79 Å². The number of furan rings is 1. The van der Waals surface area contributed by atoms with Gasteiger partial charge < -0.3 is 14.5 Å². The summed E-state index contributed by atoms with van der Waals surface area (Å²) in [5.74, 6) is 1.02. The van der Waals surface area contributed by atoms with Crippen molar-refractivity contribution in [2.45, 2.75) is 6.61 Å². The number of para-hydroxylation sites is 1. The largest absolute Gasteiger partial charge is 0.486 e. The van der Waals surface area contributed by atoms with Crippen LogP contribution in [0.25, 0.3) is 5.69 Å². The average Bonchev–Trinajstić information content (AvgIpc) is 3.40. The molecule has 0 fully saturated rings. The van der Waals surface area contributed by atoms with Gasteiger partial charge in [-0.3, -0.25) is 4.79 Å². The Morgan fingerprint density at radius 3 is 2.79 bits per heavy atom. The monoisotopic (exact) mass is 394 g/mol. The molecule has 0 atom stereocenters. The van der Waals surface area contributed by atoms with Gasteiger partial charge in [-0.1, -0.05) is 29.8 Å². The fourth-order valence-electron chi connectivity index (χ4n) is 2.57. The summed E-state index contributed by atoms with van der Waals surface area (Å²) in [4.78, 5) is 16.5. The predicted octanol–water partition coefficient (Wildman–Crippen LogP) is 4.35. The highest BCUT2D eigenvalue weighted by Crippen LogP contribution is 2.25. The van der Waals surface area contributed by atoms with E-state index in [-0.39, 0.29) is 12.4 Å². The second-order valence-corrected chi connectivity index (χ2v) is 6.26. The maximum Gasteiger partial charge on any atom is 0.291 e. The van der Waals surface area contributed by atoms with Crippen molar-refractivity contribution < 1.29 is 13.9 Å². The number of hydrogen-bond donors (Lipinski definition) is 1. The van der Waals surface area contributed by atoms with Crippen molar-refractivity contribution in [3.8, 4) is 11.4 Å². The number of halogens is 1. The number of amides is 1. The zero-order valence-electron chi connectivity index (χ0n) is 14.6. The molecule has 4 rings (SSSR count). The quantitative estimate of drug-likeness (QED) is 0.526. The first kappa shape index (κ1) is 17.8. The standard InChI is InChI=1S/C20H15ClN4O3/c21-14-6-8-18(25-13-22-12-23-25)17(10-14)24-20(26)19-9-7-16(28-19)11-27-15-4-2-1-3-5-15/h1-10,12-13H,11H2,(H,24,26). The number of carbonyl (C=O) groups is 1. The van der Waals surface area contributed by atoms with Gasteiger partial charge in [0.1, 0.15) is 30.8 Å². The maximum atomic E-state index is 12.6. The zero-order chi connectivity index (χ0) is 19.3. The maximum absolute atomic E-state index is 12.6. The van der Waals surface area contributed by atoms with Gasteiger partial charge in [-0.2, -0.15) is 5.10 Å². The number of nitrogens with zero attached hydrogens (tertiary/aromatic N) is 3. The molecule has 8 heteroatoms. The van der Waals surface area contributed by atoms with Gasteiger partial charge in [0.2, 0.25) is 0 Å². The molecule has 1 amide bonds. The van der Waals surface area contributed by atoms with Crippen LogP contribution in [0.3, 0.4) is 0 Å². The lowest BCUT2D eigenvalue weighted by Gasteiger charge is -2.10. The third-order valence-electron chi connectivity index (χ3n) is 3.88. The molecule has 0 unspecified atom stereocenters. The van der Waals surface area contributed by atoms with E-state index in [1.807, 2.05) is 30.3 Å². The van der Waals surface area contributed by atoms with Crippen LogP contribution in [0.1, 0.15) is 16.3 Å². The zero-order valence-corrected chi connectivity index (χ0v) is 15.3. The summed E-state index contributed by atoms with van der Waals surface area (Å²) >= 11 is 6.07. The molecular formula is C20H15ClN4O3. The Hall–Kier alpha value is -3.58. The third kappa shape index (κ3) is 4.05. The van der Waals surface area contributed by atoms with Crippen molar-refractivity contribution in [3.63, 3.8) is 0 Å². The molecular weight excluding hydrogens is 380 g/mol. The summed E-state index contributed by atoms with van der Waals surface area (Å²) in [6.45, 7) is 0.221. The molecule has 28 heavy (non-hydrogen) atoms. The lowest BCUT2D eigenvalue weighted by Crippen LogP contribution is -2.13. The van der Waals surface area contributed by atoms with Gasteiger partial charge >= 0.3 is 0 Å². The van der Waals surface area contributed by atoms with Crippen LogP contribution in [-0.2, 0) is 6.61 Å². The van der Waals surface area contributed by atoms with Gasteiger partial charge in [0.15, 0.2) is 5.76 Å². The fraction of sp³-hybridized carbons (Fsp3) is 0.0500. The van der Waals surface area contributed by atoms with Crippen LogP contribution in [-0.4, -0.2) is 20.7 Å². The Morgan fingerprint density at radius 1 is 1.14 bits per heavy atom. The minimum absolute atomic E-state index is 0.163. The summed E-state index contributed by atoms with van der Waals surface area (Å²) in [6.07, 6.45) is 2.94. The van der Waals surface area contributed by atoms with Crippen LogP contribution in [0.4, 0.5) is 5.69 Å². The summed E-state index contributed by atoms with van der Waals surface area (Å²) in [5.41, 5.74) is 1.12. The highest BCUT2D eigenvalue weighted by molar-refractivity contribution is 6.31. The van der Waals surface area contributed by atoms with Gasteiger partial charge in [0.05, 0.1) is 11.4 Å². The van der Waals surface area contributed by atoms with E-state index in [1.54, 1.807) is 30.3 Å². The van der Waals surface area contributed by atoms with E-state index < -0.39 is 5.91 Å². The first-order chi connectivity index (χ1) is 13.7. The molecule has 1 N–H and O–H groups in total. The summed E-state index contributed by atoms with van der Waals surface area (Å²) in [7, 11) is 0. The van der Waals surface area contributed by atoms with E-state index in [0.717, 1.165) is 5.75 Å². The number of carbonyl (C=O) groups excluding carboxylic acids is 1. The lowest BCUT2D eigenvalue weighted by atomic mass is 10.2. The van der Waals surface area contributed by atoms with Crippen molar-refractivity contribution in [1.29, 1.82) is 0 Å². The van der Waals surface area contributed by atoms with Gasteiger partial charge in [-0.05, 0) is 42.5 Å². The molecule has 0 bridgehead atoms. The molecule has 0 saturated carbocycles. The predicted molar refractivity (Wildman–Crippen MR) is 104 cm³/mol. The van der Waals surface area contributed by atoms with Crippen LogP contribution in [0.2, 0.25) is 5.02 Å². The minimum atomic E-state index is -0.408. The van der Waals surface area contributed by atoms with Crippen molar-refractivity contribution in [2.24, 2.45) is 0 Å². The Bertz CT molecular complexity index is 1080. The second-order valence-electron chi connectivity index (χ2n) is 5.82. The Kier molecular flexibility index (Phi) is 5.07. The van der Waals surface area contributed by atoms with Crippen molar-refractivity contribution in [2.75, 3.05) is 5.32 Å². The molecule has 0 aliphatic rings. The Labute approximate surface area is 165 Å². The lowest BCUT2D eigenvalue weighted by molar-refractivity contribution is 0.0992. The van der Waals surface area contributed by atoms with E-state index in [0.29, 0.717) is 22.2 Å². The number of hydrogen-bond acceptors (Lipinski definition) is 5. The Balaban J connectivity index is 1.47. The molecule has 0 spiro atoms. The summed E-state index contributed by atoms with van der Waals surface area (Å²) in [5, 5.41) is 7.36. The minimum Gasteiger partial charge on any atom is -0.486 e. The van der Waals surface area contributed by atoms with Gasteiger partial charge in [-0.25, -0.2) is 9.67 Å². The van der Waals surface area contributed by atoms with Crippen LogP contribution in [0.5, 0.6) is 5.75 Å². The number of rotatable bonds is 6. The van der Waals surface area contributed by atoms with Crippen LogP contribution >= 0.6 is 11.6 Å². The second kappa shape index (κ2) is 7.98. The van der Waals surface area contributed by atoms with Gasteiger partial charge in [0, 0.05) is 5.02 Å². The first-order valence-corrected chi connectivity index (χ1v) is 8.79. The number of anilines is 1. The number of aromatic nitrogens is 3. The molecule has 2 heterocycles. The SMILES string of the molecule is O=C(Nc1cc(Cl)ccc1-n1cncn1)c1ccc(COc2ccccc2)o1. The summed E-state index contributed by atoms with van der Waals surface area (Å²) < 4.78 is 12.8. The first-order valence-electron chi connectivity index (χ1n) is 8.41. The third-order valence-corrected chi connectivity index (χ3v) is 4.12. The van der Waals surface area contributed by atoms with E-state index in [2.05, 4.69) is 15.4 Å². The molecule has 2 aromatic carbocycles. The number of benzene rings is 2. The number of nitrogens with one attached hydrogen (secondary N) is 1. The van der Waals surface area contributed by atoms with Crippen molar-refractivity contribution in [1.82, 2.24) is 14.8 Å². The van der Waals surface area contributed by atoms with E-state index >= 15 is 0 Å². The van der Waals surface area contributed by atoms with Crippen molar-refractivity contribution in [3.05, 3.63) is 89.9 Å². The van der Waals surface area contributed by atoms with Gasteiger partial charge in [-0.15, -0.1) is 0 Å². The van der Waals surface area contributed by atoms with E-state index in [4.69, 9.17) is 20.8 Å². The normalized spacial score (nSPS) is 10.6. The molecule has 0 aliphatic heterocycles. The fourth-order valence-corrected chi connectivity index (χ4v) is 2.75. The molecule has 0 saturated heterocycles. The highest BCUT2D eigenvalue weighted by Gasteiger charge is 2.15. The van der Waals surface area contributed by atoms with Crippen molar-refractivity contribution >= 4 is 23.2 Å². The van der Waals surface area contributed by atoms with E-state index in [1.165, 1.54) is 17.3 Å². The smallest absolute Gasteiger partial charge is 0.291 e. The van der Waals surface area contributed by atoms with Crippen LogP contribution in [0.15, 0.2) is 77.7 Å². The molecule has 4 aromatic rings. The molecule has 7 nitrogen and oxygen atoms in total. The van der Waals surface area contributed by atoms with Crippen LogP contribution < -0.4 is 10.1 Å². The molecule has 140 valence electrons. The average molecular weight is 395 g/mol.